The van der Waals surface area contributed by atoms with Crippen molar-refractivity contribution in [3.63, 3.8) is 0 Å². The van der Waals surface area contributed by atoms with E-state index in [0.29, 0.717) is 5.56 Å². The van der Waals surface area contributed by atoms with Crippen LogP contribution in [0.4, 0.5) is 11.6 Å². The van der Waals surface area contributed by atoms with E-state index in [1.807, 2.05) is 0 Å². The fraction of sp³-hybridized carbons (Fsp3) is 0.412. The van der Waals surface area contributed by atoms with Gasteiger partial charge in [-0.1, -0.05) is 0 Å². The van der Waals surface area contributed by atoms with Crippen molar-refractivity contribution in [1.82, 2.24) is 20.2 Å². The maximum Gasteiger partial charge on any atom is 0.163 e. The molecule has 3 aromatic rings. The molecule has 4 rings (SSSR count). The Morgan fingerprint density at radius 2 is 2.20 bits per heavy atom. The van der Waals surface area contributed by atoms with Gasteiger partial charge in [0.15, 0.2) is 5.82 Å². The Hall–Kier alpha value is -2.66. The van der Waals surface area contributed by atoms with Crippen molar-refractivity contribution in [2.75, 3.05) is 17.6 Å². The largest absolute Gasteiger partial charge is 0.381 e. The smallest absolute Gasteiger partial charge is 0.163 e. The number of aryl methyl sites for hydroxylation is 3. The Labute approximate surface area is 149 Å². The summed E-state index contributed by atoms with van der Waals surface area (Å²) in [5.41, 5.74) is 8.35. The molecule has 0 bridgehead atoms. The highest BCUT2D eigenvalue weighted by atomic mass is 32.1. The van der Waals surface area contributed by atoms with Crippen LogP contribution in [0.2, 0.25) is 0 Å². The summed E-state index contributed by atoms with van der Waals surface area (Å²) in [6.45, 7) is 0.764. The third-order valence-corrected chi connectivity index (χ3v) is 5.83. The number of nitrogens with zero attached hydrogens (tertiary/aromatic N) is 4. The predicted molar refractivity (Wildman–Crippen MR) is 98.6 cm³/mol. The molecule has 7 nitrogen and oxygen atoms in total. The van der Waals surface area contributed by atoms with Crippen LogP contribution in [-0.4, -0.2) is 26.7 Å². The molecule has 0 saturated heterocycles. The van der Waals surface area contributed by atoms with Crippen LogP contribution in [0, 0.1) is 11.3 Å². The quantitative estimate of drug-likeness (QED) is 0.607. The highest BCUT2D eigenvalue weighted by Crippen LogP contribution is 2.38. The molecule has 25 heavy (non-hydrogen) atoms. The van der Waals surface area contributed by atoms with Crippen LogP contribution in [0.3, 0.4) is 0 Å². The Morgan fingerprint density at radius 1 is 1.32 bits per heavy atom. The van der Waals surface area contributed by atoms with Crippen LogP contribution in [0.15, 0.2) is 6.33 Å². The average Bonchev–Trinajstić information content (AvgIpc) is 3.19. The average molecular weight is 353 g/mol. The number of nitrogens with one attached hydrogen (secondary N) is 2. The molecular formula is C17H19N7S. The Balaban J connectivity index is 1.46. The molecule has 4 N–H and O–H groups in total. The van der Waals surface area contributed by atoms with E-state index in [4.69, 9.17) is 11.0 Å². The van der Waals surface area contributed by atoms with Crippen molar-refractivity contribution >= 4 is 33.2 Å². The molecule has 128 valence electrons. The van der Waals surface area contributed by atoms with Crippen LogP contribution in [0.25, 0.3) is 10.2 Å². The molecule has 0 amide bonds. The van der Waals surface area contributed by atoms with Crippen LogP contribution in [-0.2, 0) is 19.3 Å². The summed E-state index contributed by atoms with van der Waals surface area (Å²) in [7, 11) is 0. The molecule has 0 unspecified atom stereocenters. The summed E-state index contributed by atoms with van der Waals surface area (Å²) in [5, 5.41) is 20.5. The number of H-pyrrole nitrogens is 1. The summed E-state index contributed by atoms with van der Waals surface area (Å²) < 4.78 is 0. The molecule has 1 aliphatic rings. The van der Waals surface area contributed by atoms with Gasteiger partial charge in [0.2, 0.25) is 0 Å². The Bertz CT molecular complexity index is 950. The number of anilines is 2. The molecule has 0 atom stereocenters. The minimum Gasteiger partial charge on any atom is -0.381 e. The van der Waals surface area contributed by atoms with Gasteiger partial charge in [-0.2, -0.15) is 10.4 Å². The number of nitriles is 1. The van der Waals surface area contributed by atoms with Crippen LogP contribution in [0.1, 0.15) is 41.0 Å². The van der Waals surface area contributed by atoms with Crippen molar-refractivity contribution in [3.05, 3.63) is 28.0 Å². The zero-order valence-corrected chi connectivity index (χ0v) is 14.6. The molecule has 0 spiro atoms. The van der Waals surface area contributed by atoms with Gasteiger partial charge in [-0.25, -0.2) is 9.97 Å². The summed E-state index contributed by atoms with van der Waals surface area (Å²) in [4.78, 5) is 11.5. The topological polar surface area (TPSA) is 116 Å². The highest BCUT2D eigenvalue weighted by molar-refractivity contribution is 7.19. The van der Waals surface area contributed by atoms with E-state index in [1.165, 1.54) is 28.7 Å². The van der Waals surface area contributed by atoms with E-state index in [-0.39, 0.29) is 5.82 Å². The van der Waals surface area contributed by atoms with E-state index >= 15 is 0 Å². The number of thiophene rings is 1. The first kappa shape index (κ1) is 15.8. The Kier molecular flexibility index (Phi) is 4.24. The van der Waals surface area contributed by atoms with Crippen molar-refractivity contribution in [3.8, 4) is 6.07 Å². The van der Waals surface area contributed by atoms with Gasteiger partial charge in [0, 0.05) is 11.4 Å². The van der Waals surface area contributed by atoms with Gasteiger partial charge in [0.05, 0.1) is 11.1 Å². The minimum atomic E-state index is 0.271. The molecule has 3 aromatic heterocycles. The Morgan fingerprint density at radius 3 is 3.08 bits per heavy atom. The van der Waals surface area contributed by atoms with Crippen molar-refractivity contribution in [1.29, 1.82) is 5.26 Å². The second-order valence-corrected chi connectivity index (χ2v) is 7.30. The fourth-order valence-corrected chi connectivity index (χ4v) is 4.62. The standard InChI is InChI=1S/C17H19N7S/c18-8-11-12(23-24-15(11)19)5-3-7-20-16-14-10-4-1-2-6-13(10)25-17(14)22-9-21-16/h9H,1-7H2,(H3,19,23,24)(H,20,21,22). The number of nitrogen functional groups attached to an aromatic ring is 1. The number of hydrogen-bond acceptors (Lipinski definition) is 7. The lowest BCUT2D eigenvalue weighted by molar-refractivity contribution is 0.700. The molecule has 0 saturated carbocycles. The first-order valence-corrected chi connectivity index (χ1v) is 9.31. The van der Waals surface area contributed by atoms with Gasteiger partial charge in [-0.05, 0) is 44.1 Å². The second-order valence-electron chi connectivity index (χ2n) is 6.22. The lowest BCUT2D eigenvalue weighted by Crippen LogP contribution is -2.07. The van der Waals surface area contributed by atoms with Gasteiger partial charge >= 0.3 is 0 Å². The van der Waals surface area contributed by atoms with E-state index in [1.54, 1.807) is 17.7 Å². The number of aromatic amines is 1. The maximum atomic E-state index is 9.11. The van der Waals surface area contributed by atoms with E-state index in [0.717, 1.165) is 48.6 Å². The van der Waals surface area contributed by atoms with Gasteiger partial charge < -0.3 is 11.1 Å². The minimum absolute atomic E-state index is 0.271. The maximum absolute atomic E-state index is 9.11. The molecular weight excluding hydrogens is 334 g/mol. The number of hydrogen-bond donors (Lipinski definition) is 3. The zero-order chi connectivity index (χ0) is 17.2. The van der Waals surface area contributed by atoms with E-state index in [2.05, 4.69) is 31.6 Å². The fourth-order valence-electron chi connectivity index (χ4n) is 3.40. The molecule has 0 fully saturated rings. The van der Waals surface area contributed by atoms with Crippen LogP contribution < -0.4 is 11.1 Å². The van der Waals surface area contributed by atoms with Crippen molar-refractivity contribution < 1.29 is 0 Å². The van der Waals surface area contributed by atoms with Gasteiger partial charge in [0.25, 0.3) is 0 Å². The highest BCUT2D eigenvalue weighted by Gasteiger charge is 2.19. The first-order chi connectivity index (χ1) is 12.3. The lowest BCUT2D eigenvalue weighted by Gasteiger charge is -2.12. The number of fused-ring (bicyclic) bond motifs is 3. The van der Waals surface area contributed by atoms with Gasteiger partial charge in [0.1, 0.15) is 28.6 Å². The van der Waals surface area contributed by atoms with Gasteiger partial charge in [-0.15, -0.1) is 11.3 Å². The third-order valence-electron chi connectivity index (χ3n) is 4.63. The second kappa shape index (κ2) is 6.69. The third kappa shape index (κ3) is 2.91. The monoisotopic (exact) mass is 353 g/mol. The van der Waals surface area contributed by atoms with Crippen molar-refractivity contribution in [2.24, 2.45) is 0 Å². The molecule has 0 aliphatic heterocycles. The van der Waals surface area contributed by atoms with Crippen molar-refractivity contribution in [2.45, 2.75) is 38.5 Å². The predicted octanol–water partition coefficient (Wildman–Crippen LogP) is 2.79. The molecule has 0 aromatic carbocycles. The summed E-state index contributed by atoms with van der Waals surface area (Å²) in [5.74, 6) is 1.20. The molecule has 3 heterocycles. The van der Waals surface area contributed by atoms with E-state index < -0.39 is 0 Å². The molecule has 8 heteroatoms. The summed E-state index contributed by atoms with van der Waals surface area (Å²) in [6, 6.07) is 2.10. The lowest BCUT2D eigenvalue weighted by atomic mass is 9.97. The number of rotatable bonds is 5. The SMILES string of the molecule is N#Cc1c(N)n[nH]c1CCCNc1ncnc2sc3c(c12)CCCC3. The van der Waals surface area contributed by atoms with Gasteiger partial charge in [-0.3, -0.25) is 5.10 Å². The zero-order valence-electron chi connectivity index (χ0n) is 13.8. The normalized spacial score (nSPS) is 13.6. The summed E-state index contributed by atoms with van der Waals surface area (Å²) in [6.07, 6.45) is 8.00. The van der Waals surface area contributed by atoms with Crippen LogP contribution >= 0.6 is 11.3 Å². The molecule has 1 aliphatic carbocycles. The summed E-state index contributed by atoms with van der Waals surface area (Å²) >= 11 is 1.80. The molecule has 0 radical (unpaired) electrons. The first-order valence-electron chi connectivity index (χ1n) is 8.50. The number of nitrogens with two attached hydrogens (primary N) is 1. The van der Waals surface area contributed by atoms with Crippen LogP contribution in [0.5, 0.6) is 0 Å². The number of aromatic nitrogens is 4. The van der Waals surface area contributed by atoms with E-state index in [9.17, 15) is 0 Å².